The molecule has 1 aliphatic heterocycles. The zero-order valence-corrected chi connectivity index (χ0v) is 17.7. The number of phenolic OH excluding ortho intramolecular Hbond substituents is 1. The first-order chi connectivity index (χ1) is 14.0. The predicted molar refractivity (Wildman–Crippen MR) is 120 cm³/mol. The summed E-state index contributed by atoms with van der Waals surface area (Å²) in [4.78, 5) is 0. The number of aliphatic hydroxyl groups excluding tert-OH is 1. The molecule has 0 saturated heterocycles. The first kappa shape index (κ1) is 20.0. The molecule has 0 aromatic heterocycles. The molecule has 2 aromatic rings. The lowest BCUT2D eigenvalue weighted by Gasteiger charge is -2.24. The molecule has 0 fully saturated rings. The van der Waals surface area contributed by atoms with E-state index in [0.29, 0.717) is 19.1 Å². The zero-order valence-electron chi connectivity index (χ0n) is 17.7. The summed E-state index contributed by atoms with van der Waals surface area (Å²) in [5.74, 6) is 0.246. The molecule has 1 heterocycles. The van der Waals surface area contributed by atoms with E-state index in [0.717, 1.165) is 48.1 Å². The number of aromatic hydroxyl groups is 1. The van der Waals surface area contributed by atoms with E-state index >= 15 is 0 Å². The highest BCUT2D eigenvalue weighted by atomic mass is 16.3. The van der Waals surface area contributed by atoms with Crippen LogP contribution in [0.4, 0.5) is 5.69 Å². The van der Waals surface area contributed by atoms with E-state index in [-0.39, 0.29) is 5.75 Å². The number of hydrogen-bond acceptors (Lipinski definition) is 4. The molecule has 0 saturated carbocycles. The highest BCUT2D eigenvalue weighted by Gasteiger charge is 2.25. The minimum absolute atomic E-state index is 0.246. The molecule has 1 unspecified atom stereocenters. The summed E-state index contributed by atoms with van der Waals surface area (Å²) in [5, 5.41) is 28.0. The van der Waals surface area contributed by atoms with E-state index in [4.69, 9.17) is 0 Å². The van der Waals surface area contributed by atoms with Gasteiger partial charge in [-0.15, -0.1) is 0 Å². The van der Waals surface area contributed by atoms with Crippen LogP contribution in [0.15, 0.2) is 24.3 Å². The van der Waals surface area contributed by atoms with Crippen LogP contribution >= 0.6 is 0 Å². The lowest BCUT2D eigenvalue weighted by molar-refractivity contribution is 0.169. The Morgan fingerprint density at radius 2 is 1.76 bits per heavy atom. The minimum Gasteiger partial charge on any atom is -0.506 e. The quantitative estimate of drug-likeness (QED) is 0.560. The molecule has 1 aliphatic carbocycles. The Labute approximate surface area is 173 Å². The maximum Gasteiger partial charge on any atom is 0.139 e. The van der Waals surface area contributed by atoms with Crippen LogP contribution in [-0.4, -0.2) is 29.3 Å². The number of phenols is 1. The van der Waals surface area contributed by atoms with Crippen molar-refractivity contribution in [1.82, 2.24) is 5.32 Å². The molecule has 1 atom stereocenters. The van der Waals surface area contributed by atoms with Crippen molar-refractivity contribution in [3.8, 4) is 5.75 Å². The lowest BCUT2D eigenvalue weighted by Crippen LogP contribution is -2.33. The molecule has 29 heavy (non-hydrogen) atoms. The van der Waals surface area contributed by atoms with Crippen molar-refractivity contribution in [2.24, 2.45) is 0 Å². The molecule has 0 radical (unpaired) electrons. The van der Waals surface area contributed by atoms with Gasteiger partial charge in [0.2, 0.25) is 0 Å². The van der Waals surface area contributed by atoms with Crippen molar-refractivity contribution < 1.29 is 10.2 Å². The van der Waals surface area contributed by atoms with Crippen molar-refractivity contribution in [2.45, 2.75) is 58.6 Å². The van der Waals surface area contributed by atoms with E-state index in [9.17, 15) is 10.2 Å². The Hall–Kier alpha value is -2.30. The minimum atomic E-state index is -0.616. The number of nitrogens with one attached hydrogen (secondary N) is 2. The Bertz CT molecular complexity index is 916. The van der Waals surface area contributed by atoms with E-state index in [1.165, 1.54) is 22.3 Å². The largest absolute Gasteiger partial charge is 0.506 e. The zero-order chi connectivity index (χ0) is 20.5. The number of rotatable bonds is 6. The first-order valence-corrected chi connectivity index (χ1v) is 10.8. The van der Waals surface area contributed by atoms with Crippen LogP contribution in [0, 0.1) is 6.92 Å². The van der Waals surface area contributed by atoms with Crippen LogP contribution in [0.1, 0.15) is 58.9 Å². The van der Waals surface area contributed by atoms with Gasteiger partial charge in [0.25, 0.3) is 0 Å². The second-order valence-corrected chi connectivity index (χ2v) is 8.32. The lowest BCUT2D eigenvalue weighted by atomic mass is 9.93. The number of aryl methyl sites for hydroxylation is 3. The third kappa shape index (κ3) is 3.79. The third-order valence-electron chi connectivity index (χ3n) is 6.42. The van der Waals surface area contributed by atoms with Crippen LogP contribution in [-0.2, 0) is 25.7 Å². The van der Waals surface area contributed by atoms with Gasteiger partial charge in [0, 0.05) is 24.7 Å². The number of hydrogen-bond donors (Lipinski definition) is 4. The Morgan fingerprint density at radius 1 is 1.10 bits per heavy atom. The maximum atomic E-state index is 11.0. The van der Waals surface area contributed by atoms with Crippen molar-refractivity contribution in [3.63, 3.8) is 0 Å². The van der Waals surface area contributed by atoms with E-state index < -0.39 is 6.10 Å². The SMILES string of the molecule is CCc1cc2c(cc1CC)CC(NCC(O)c1c(C)cc(O)c3c1C=CCN3)C2. The van der Waals surface area contributed by atoms with Crippen LogP contribution in [0.25, 0.3) is 6.08 Å². The molecule has 4 nitrogen and oxygen atoms in total. The fraction of sp³-hybridized carbons (Fsp3) is 0.440. The van der Waals surface area contributed by atoms with Gasteiger partial charge >= 0.3 is 0 Å². The smallest absolute Gasteiger partial charge is 0.139 e. The van der Waals surface area contributed by atoms with Gasteiger partial charge in [0.1, 0.15) is 5.75 Å². The third-order valence-corrected chi connectivity index (χ3v) is 6.42. The predicted octanol–water partition coefficient (Wildman–Crippen LogP) is 4.05. The molecule has 2 aromatic carbocycles. The second kappa shape index (κ2) is 8.21. The summed E-state index contributed by atoms with van der Waals surface area (Å²) in [6.45, 7) is 7.60. The van der Waals surface area contributed by atoms with Crippen molar-refractivity contribution >= 4 is 11.8 Å². The van der Waals surface area contributed by atoms with Crippen LogP contribution in [0.3, 0.4) is 0 Å². The normalized spacial score (nSPS) is 16.4. The Kier molecular flexibility index (Phi) is 5.66. The summed E-state index contributed by atoms with van der Waals surface area (Å²) in [7, 11) is 0. The fourth-order valence-electron chi connectivity index (χ4n) is 4.94. The van der Waals surface area contributed by atoms with E-state index in [1.54, 1.807) is 6.07 Å². The molecule has 2 aliphatic rings. The average Bonchev–Trinajstić information content (AvgIpc) is 3.12. The Morgan fingerprint density at radius 3 is 2.38 bits per heavy atom. The van der Waals surface area contributed by atoms with Crippen molar-refractivity contribution in [1.29, 1.82) is 0 Å². The molecular weight excluding hydrogens is 360 g/mol. The van der Waals surface area contributed by atoms with Gasteiger partial charge in [0.05, 0.1) is 11.8 Å². The number of fused-ring (bicyclic) bond motifs is 2. The summed E-state index contributed by atoms with van der Waals surface area (Å²) < 4.78 is 0. The molecule has 154 valence electrons. The van der Waals surface area contributed by atoms with Crippen LogP contribution in [0.2, 0.25) is 0 Å². The van der Waals surface area contributed by atoms with E-state index in [1.807, 2.05) is 19.1 Å². The molecule has 4 heteroatoms. The molecule has 4 N–H and O–H groups in total. The second-order valence-electron chi connectivity index (χ2n) is 8.32. The van der Waals surface area contributed by atoms with Crippen molar-refractivity contribution in [2.75, 3.05) is 18.4 Å². The van der Waals surface area contributed by atoms with E-state index in [2.05, 4.69) is 36.6 Å². The van der Waals surface area contributed by atoms with Gasteiger partial charge in [0.15, 0.2) is 0 Å². The van der Waals surface area contributed by atoms with Gasteiger partial charge in [-0.25, -0.2) is 0 Å². The number of benzene rings is 2. The standard InChI is InChI=1S/C25H32N2O2/c1-4-16-10-18-12-20(13-19(18)11-17(16)5-2)27-14-23(29)24-15(3)9-22(28)25-21(24)7-6-8-26-25/h6-7,9-11,20,23,26-29H,4-5,8,12-14H2,1-3H3. The highest BCUT2D eigenvalue weighted by Crippen LogP contribution is 2.38. The Balaban J connectivity index is 1.47. The molecule has 4 rings (SSSR count). The monoisotopic (exact) mass is 392 g/mol. The summed E-state index contributed by atoms with van der Waals surface area (Å²) in [6.07, 6.45) is 7.62. The molecular formula is C25H32N2O2. The van der Waals surface area contributed by atoms with Crippen LogP contribution in [0.5, 0.6) is 5.75 Å². The molecule has 0 spiro atoms. The number of anilines is 1. The molecule has 0 amide bonds. The summed E-state index contributed by atoms with van der Waals surface area (Å²) in [5.41, 5.74) is 9.28. The first-order valence-electron chi connectivity index (χ1n) is 10.8. The van der Waals surface area contributed by atoms with Gasteiger partial charge in [-0.05, 0) is 72.1 Å². The highest BCUT2D eigenvalue weighted by molar-refractivity contribution is 5.79. The average molecular weight is 393 g/mol. The van der Waals surface area contributed by atoms with Gasteiger partial charge in [-0.1, -0.05) is 38.1 Å². The topological polar surface area (TPSA) is 64.5 Å². The van der Waals surface area contributed by atoms with Gasteiger partial charge < -0.3 is 20.8 Å². The maximum absolute atomic E-state index is 11.0. The summed E-state index contributed by atoms with van der Waals surface area (Å²) >= 11 is 0. The fourth-order valence-corrected chi connectivity index (χ4v) is 4.94. The molecule has 0 bridgehead atoms. The van der Waals surface area contributed by atoms with Crippen LogP contribution < -0.4 is 10.6 Å². The summed E-state index contributed by atoms with van der Waals surface area (Å²) in [6, 6.07) is 6.89. The van der Waals surface area contributed by atoms with Crippen molar-refractivity contribution in [3.05, 3.63) is 63.2 Å². The number of aliphatic hydroxyl groups is 1. The van der Waals surface area contributed by atoms with Gasteiger partial charge in [-0.3, -0.25) is 0 Å². The van der Waals surface area contributed by atoms with Gasteiger partial charge in [-0.2, -0.15) is 0 Å².